The number of pyridine rings is 1. The lowest BCUT2D eigenvalue weighted by Gasteiger charge is -1.98. The molecule has 2 rings (SSSR count). The van der Waals surface area contributed by atoms with E-state index in [0.717, 1.165) is 17.8 Å². The van der Waals surface area contributed by atoms with Crippen LogP contribution in [0.25, 0.3) is 11.5 Å². The summed E-state index contributed by atoms with van der Waals surface area (Å²) >= 11 is 0. The van der Waals surface area contributed by atoms with Crippen LogP contribution in [0, 0.1) is 6.92 Å². The molecule has 0 saturated carbocycles. The van der Waals surface area contributed by atoms with Crippen LogP contribution in [0.1, 0.15) is 18.5 Å². The molecular formula is C11H14N4O. The van der Waals surface area contributed by atoms with Crippen molar-refractivity contribution in [2.75, 3.05) is 6.54 Å². The number of nitrogens with one attached hydrogen (secondary N) is 1. The zero-order valence-electron chi connectivity index (χ0n) is 9.40. The second-order valence-corrected chi connectivity index (χ2v) is 3.42. The van der Waals surface area contributed by atoms with Crippen molar-refractivity contribution in [2.45, 2.75) is 20.4 Å². The van der Waals surface area contributed by atoms with Crippen LogP contribution in [0.15, 0.2) is 22.7 Å². The summed E-state index contributed by atoms with van der Waals surface area (Å²) in [7, 11) is 0. The quantitative estimate of drug-likeness (QED) is 0.843. The van der Waals surface area contributed by atoms with Gasteiger partial charge in [-0.15, -0.1) is 10.2 Å². The molecule has 84 valence electrons. The maximum atomic E-state index is 5.53. The van der Waals surface area contributed by atoms with Crippen LogP contribution >= 0.6 is 0 Å². The van der Waals surface area contributed by atoms with Gasteiger partial charge in [0.05, 0.1) is 12.1 Å². The minimum absolute atomic E-state index is 0.526. The van der Waals surface area contributed by atoms with Crippen molar-refractivity contribution in [3.8, 4) is 11.5 Å². The van der Waals surface area contributed by atoms with Gasteiger partial charge in [-0.2, -0.15) is 0 Å². The molecule has 0 atom stereocenters. The van der Waals surface area contributed by atoms with E-state index < -0.39 is 0 Å². The number of hydrogen-bond acceptors (Lipinski definition) is 5. The molecule has 0 radical (unpaired) electrons. The normalized spacial score (nSPS) is 10.6. The molecule has 5 heteroatoms. The number of nitrogens with zero attached hydrogens (tertiary/aromatic N) is 3. The molecule has 5 nitrogen and oxygen atoms in total. The second kappa shape index (κ2) is 4.85. The first-order valence-electron chi connectivity index (χ1n) is 5.26. The zero-order valence-corrected chi connectivity index (χ0v) is 9.40. The van der Waals surface area contributed by atoms with E-state index >= 15 is 0 Å². The number of aromatic nitrogens is 3. The average molecular weight is 218 g/mol. The second-order valence-electron chi connectivity index (χ2n) is 3.42. The Bertz CT molecular complexity index is 467. The molecule has 0 aliphatic carbocycles. The Balaban J connectivity index is 2.22. The van der Waals surface area contributed by atoms with E-state index in [1.807, 2.05) is 26.0 Å². The summed E-state index contributed by atoms with van der Waals surface area (Å²) in [6, 6.07) is 3.78. The Labute approximate surface area is 93.9 Å². The van der Waals surface area contributed by atoms with Crippen LogP contribution in [0.2, 0.25) is 0 Å². The molecule has 2 aromatic rings. The van der Waals surface area contributed by atoms with Gasteiger partial charge in [0.25, 0.3) is 0 Å². The van der Waals surface area contributed by atoms with E-state index in [2.05, 4.69) is 20.5 Å². The van der Waals surface area contributed by atoms with Gasteiger partial charge in [0.15, 0.2) is 0 Å². The fraction of sp³-hybridized carbons (Fsp3) is 0.364. The lowest BCUT2D eigenvalue weighted by Crippen LogP contribution is -2.11. The van der Waals surface area contributed by atoms with Gasteiger partial charge in [-0.25, -0.2) is 0 Å². The first-order valence-corrected chi connectivity index (χ1v) is 5.26. The van der Waals surface area contributed by atoms with Crippen LogP contribution in [0.4, 0.5) is 0 Å². The maximum absolute atomic E-state index is 5.53. The fourth-order valence-electron chi connectivity index (χ4n) is 1.38. The Morgan fingerprint density at radius 3 is 3.00 bits per heavy atom. The number of rotatable bonds is 4. The third-order valence-corrected chi connectivity index (χ3v) is 2.23. The summed E-state index contributed by atoms with van der Waals surface area (Å²) in [6.07, 6.45) is 1.74. The molecule has 1 N–H and O–H groups in total. The molecule has 0 amide bonds. The largest absolute Gasteiger partial charge is 0.419 e. The van der Waals surface area contributed by atoms with Crippen LogP contribution in [-0.4, -0.2) is 21.7 Å². The van der Waals surface area contributed by atoms with E-state index in [1.165, 1.54) is 0 Å². The highest BCUT2D eigenvalue weighted by Crippen LogP contribution is 2.19. The maximum Gasteiger partial charge on any atom is 0.249 e. The first-order chi connectivity index (χ1) is 7.81. The highest BCUT2D eigenvalue weighted by molar-refractivity contribution is 5.54. The predicted molar refractivity (Wildman–Crippen MR) is 59.6 cm³/mol. The Morgan fingerprint density at radius 1 is 1.38 bits per heavy atom. The Hall–Kier alpha value is -1.75. The molecule has 0 aliphatic rings. The van der Waals surface area contributed by atoms with Crippen molar-refractivity contribution < 1.29 is 4.42 Å². The van der Waals surface area contributed by atoms with Crippen LogP contribution in [-0.2, 0) is 6.54 Å². The zero-order chi connectivity index (χ0) is 11.4. The summed E-state index contributed by atoms with van der Waals surface area (Å²) in [6.45, 7) is 5.43. The molecule has 2 aromatic heterocycles. The Morgan fingerprint density at radius 2 is 2.25 bits per heavy atom. The van der Waals surface area contributed by atoms with Crippen molar-refractivity contribution >= 4 is 0 Å². The van der Waals surface area contributed by atoms with Gasteiger partial charge in [0.2, 0.25) is 11.8 Å². The average Bonchev–Trinajstić information content (AvgIpc) is 2.75. The van der Waals surface area contributed by atoms with E-state index in [-0.39, 0.29) is 0 Å². The van der Waals surface area contributed by atoms with Gasteiger partial charge < -0.3 is 9.73 Å². The van der Waals surface area contributed by atoms with Gasteiger partial charge in [0, 0.05) is 11.9 Å². The topological polar surface area (TPSA) is 63.8 Å². The minimum atomic E-state index is 0.526. The lowest BCUT2D eigenvalue weighted by atomic mass is 10.2. The summed E-state index contributed by atoms with van der Waals surface area (Å²) < 4.78 is 5.53. The molecule has 0 bridgehead atoms. The van der Waals surface area contributed by atoms with Gasteiger partial charge >= 0.3 is 0 Å². The standard InChI is InChI=1S/C11H14N4O/c1-3-12-7-10-14-15-11(16-10)9-5-4-6-13-8(9)2/h4-6,12H,3,7H2,1-2H3. The van der Waals surface area contributed by atoms with Gasteiger partial charge in [-0.1, -0.05) is 6.92 Å². The molecule has 0 unspecified atom stereocenters. The number of hydrogen-bond donors (Lipinski definition) is 1. The highest BCUT2D eigenvalue weighted by atomic mass is 16.4. The van der Waals surface area contributed by atoms with Crippen molar-refractivity contribution in [1.29, 1.82) is 0 Å². The third kappa shape index (κ3) is 2.25. The van der Waals surface area contributed by atoms with Crippen LogP contribution < -0.4 is 5.32 Å². The molecule has 0 saturated heterocycles. The van der Waals surface area contributed by atoms with Crippen LogP contribution in [0.3, 0.4) is 0 Å². The smallest absolute Gasteiger partial charge is 0.249 e. The minimum Gasteiger partial charge on any atom is -0.419 e. The van der Waals surface area contributed by atoms with Gasteiger partial charge in [-0.05, 0) is 25.6 Å². The molecular weight excluding hydrogens is 204 g/mol. The Kier molecular flexibility index (Phi) is 3.26. The molecule has 0 fully saturated rings. The third-order valence-electron chi connectivity index (χ3n) is 2.23. The summed E-state index contributed by atoms with van der Waals surface area (Å²) in [5.41, 5.74) is 1.78. The molecule has 0 spiro atoms. The van der Waals surface area contributed by atoms with Crippen LogP contribution in [0.5, 0.6) is 0 Å². The van der Waals surface area contributed by atoms with Gasteiger partial charge in [0.1, 0.15) is 0 Å². The fourth-order valence-corrected chi connectivity index (χ4v) is 1.38. The molecule has 16 heavy (non-hydrogen) atoms. The molecule has 2 heterocycles. The van der Waals surface area contributed by atoms with E-state index in [4.69, 9.17) is 4.42 Å². The summed E-state index contributed by atoms with van der Waals surface area (Å²) in [5.74, 6) is 1.12. The van der Waals surface area contributed by atoms with Crippen molar-refractivity contribution in [2.24, 2.45) is 0 Å². The van der Waals surface area contributed by atoms with Gasteiger partial charge in [-0.3, -0.25) is 4.98 Å². The molecule has 0 aliphatic heterocycles. The highest BCUT2D eigenvalue weighted by Gasteiger charge is 2.10. The van der Waals surface area contributed by atoms with Crippen molar-refractivity contribution in [1.82, 2.24) is 20.5 Å². The SMILES string of the molecule is CCNCc1nnc(-c2cccnc2C)o1. The van der Waals surface area contributed by atoms with Crippen molar-refractivity contribution in [3.63, 3.8) is 0 Å². The first kappa shape index (κ1) is 10.8. The summed E-state index contributed by atoms with van der Waals surface area (Å²) in [5, 5.41) is 11.1. The summed E-state index contributed by atoms with van der Waals surface area (Å²) in [4.78, 5) is 4.18. The predicted octanol–water partition coefficient (Wildman–Crippen LogP) is 1.55. The number of aryl methyl sites for hydroxylation is 1. The van der Waals surface area contributed by atoms with E-state index in [1.54, 1.807) is 6.20 Å². The van der Waals surface area contributed by atoms with Crippen molar-refractivity contribution in [3.05, 3.63) is 29.9 Å². The van der Waals surface area contributed by atoms with E-state index in [0.29, 0.717) is 18.3 Å². The monoisotopic (exact) mass is 218 g/mol. The molecule has 0 aromatic carbocycles. The lowest BCUT2D eigenvalue weighted by molar-refractivity contribution is 0.481. The van der Waals surface area contributed by atoms with E-state index in [9.17, 15) is 0 Å².